The molecule has 0 bridgehead atoms. The van der Waals surface area contributed by atoms with Crippen molar-refractivity contribution in [2.45, 2.75) is 6.22 Å². The van der Waals surface area contributed by atoms with Crippen molar-refractivity contribution >= 4 is 14.2 Å². The number of hydrogen-bond acceptors (Lipinski definition) is 4. The molecule has 0 aliphatic heterocycles. The van der Waals surface area contributed by atoms with E-state index in [0.29, 0.717) is 0 Å². The van der Waals surface area contributed by atoms with E-state index >= 15 is 0 Å². The van der Waals surface area contributed by atoms with Gasteiger partial charge >= 0.3 is 14.2 Å². The molecule has 0 heterocycles. The average Bonchev–Trinajstić information content (AvgIpc) is 1.27. The third kappa shape index (κ3) is 5.97. The first kappa shape index (κ1) is 6.97. The van der Waals surface area contributed by atoms with E-state index in [0.717, 1.165) is 0 Å². The molecular formula is CH6B2O4. The molecule has 0 rings (SSSR count). The Kier molecular flexibility index (Phi) is 3.02. The predicted octanol–water partition coefficient (Wildman–Crippen LogP) is -2.53. The van der Waals surface area contributed by atoms with E-state index in [1.165, 1.54) is 0 Å². The van der Waals surface area contributed by atoms with Gasteiger partial charge in [0.2, 0.25) is 0 Å². The van der Waals surface area contributed by atoms with Crippen molar-refractivity contribution in [1.82, 2.24) is 0 Å². The highest BCUT2D eigenvalue weighted by Crippen LogP contribution is 1.82. The molecular weight excluding hydrogens is 97.6 g/mol. The summed E-state index contributed by atoms with van der Waals surface area (Å²) in [6, 6.07) is 0. The van der Waals surface area contributed by atoms with Crippen molar-refractivity contribution in [3.8, 4) is 0 Å². The summed E-state index contributed by atoms with van der Waals surface area (Å²) in [4.78, 5) is 0. The summed E-state index contributed by atoms with van der Waals surface area (Å²) in [6.45, 7) is 0. The monoisotopic (exact) mass is 104 g/mol. The lowest BCUT2D eigenvalue weighted by atomic mass is 9.65. The van der Waals surface area contributed by atoms with Gasteiger partial charge in [0.15, 0.2) is 0 Å². The SMILES string of the molecule is OB(O)CB(O)O. The Bertz CT molecular complexity index is 39.0. The molecule has 0 saturated heterocycles. The molecule has 4 N–H and O–H groups in total. The fraction of sp³-hybridized carbons (Fsp3) is 1.00. The van der Waals surface area contributed by atoms with Crippen LogP contribution in [0.1, 0.15) is 0 Å². The fourth-order valence-electron chi connectivity index (χ4n) is 0.189. The molecule has 40 valence electrons. The van der Waals surface area contributed by atoms with Crippen molar-refractivity contribution < 1.29 is 20.1 Å². The van der Waals surface area contributed by atoms with Crippen molar-refractivity contribution in [1.29, 1.82) is 0 Å². The molecule has 0 aliphatic carbocycles. The minimum absolute atomic E-state index is 0.417. The largest absolute Gasteiger partial charge is 0.449 e. The summed E-state index contributed by atoms with van der Waals surface area (Å²) in [5.41, 5.74) is 0. The maximum atomic E-state index is 7.96. The summed E-state index contributed by atoms with van der Waals surface area (Å²) in [5, 5.41) is 31.8. The van der Waals surface area contributed by atoms with E-state index in [1.54, 1.807) is 0 Å². The predicted molar refractivity (Wildman–Crippen MR) is 25.2 cm³/mol. The van der Waals surface area contributed by atoms with Gasteiger partial charge < -0.3 is 20.1 Å². The van der Waals surface area contributed by atoms with Gasteiger partial charge in [-0.1, -0.05) is 0 Å². The Morgan fingerprint density at radius 2 is 1.14 bits per heavy atom. The van der Waals surface area contributed by atoms with Gasteiger partial charge in [0, 0.05) is 6.22 Å². The van der Waals surface area contributed by atoms with Gasteiger partial charge in [0.25, 0.3) is 0 Å². The van der Waals surface area contributed by atoms with Crippen molar-refractivity contribution in [3.63, 3.8) is 0 Å². The third-order valence-corrected chi connectivity index (χ3v) is 0.422. The van der Waals surface area contributed by atoms with Crippen molar-refractivity contribution in [2.24, 2.45) is 0 Å². The van der Waals surface area contributed by atoms with Crippen LogP contribution in [0.2, 0.25) is 6.22 Å². The highest BCUT2D eigenvalue weighted by molar-refractivity contribution is 6.61. The van der Waals surface area contributed by atoms with Crippen LogP contribution in [0.15, 0.2) is 0 Å². The van der Waals surface area contributed by atoms with Crippen LogP contribution < -0.4 is 0 Å². The minimum Gasteiger partial charge on any atom is -0.427 e. The van der Waals surface area contributed by atoms with Crippen LogP contribution in [-0.4, -0.2) is 34.3 Å². The zero-order valence-corrected chi connectivity index (χ0v) is 3.65. The summed E-state index contributed by atoms with van der Waals surface area (Å²) < 4.78 is 0. The second-order valence-corrected chi connectivity index (χ2v) is 1.20. The molecule has 0 aromatic carbocycles. The molecule has 6 heteroatoms. The summed E-state index contributed by atoms with van der Waals surface area (Å²) >= 11 is 0. The Labute approximate surface area is 41.7 Å². The molecule has 0 aliphatic rings. The molecule has 4 nitrogen and oxygen atoms in total. The summed E-state index contributed by atoms with van der Waals surface area (Å²) in [6.07, 6.45) is -0.417. The third-order valence-electron chi connectivity index (χ3n) is 0.422. The second-order valence-electron chi connectivity index (χ2n) is 1.20. The molecule has 0 spiro atoms. The molecule has 7 heavy (non-hydrogen) atoms. The first-order valence-electron chi connectivity index (χ1n) is 1.85. The van der Waals surface area contributed by atoms with Gasteiger partial charge in [-0.05, 0) is 0 Å². The van der Waals surface area contributed by atoms with Crippen LogP contribution in [0.4, 0.5) is 0 Å². The maximum Gasteiger partial charge on any atom is 0.449 e. The molecule has 0 aromatic rings. The van der Waals surface area contributed by atoms with Gasteiger partial charge in [-0.3, -0.25) is 0 Å². The quantitative estimate of drug-likeness (QED) is 0.291. The molecule has 0 atom stereocenters. The van der Waals surface area contributed by atoms with Gasteiger partial charge in [-0.2, -0.15) is 0 Å². The van der Waals surface area contributed by atoms with E-state index in [1.807, 2.05) is 0 Å². The first-order valence-corrected chi connectivity index (χ1v) is 1.85. The topological polar surface area (TPSA) is 80.9 Å². The van der Waals surface area contributed by atoms with E-state index in [9.17, 15) is 0 Å². The van der Waals surface area contributed by atoms with E-state index < -0.39 is 20.5 Å². The smallest absolute Gasteiger partial charge is 0.427 e. The van der Waals surface area contributed by atoms with Crippen LogP contribution >= 0.6 is 0 Å². The van der Waals surface area contributed by atoms with Crippen LogP contribution in [0.5, 0.6) is 0 Å². The average molecular weight is 104 g/mol. The highest BCUT2D eigenvalue weighted by atomic mass is 16.4. The number of hydrogen-bond donors (Lipinski definition) is 4. The fourth-order valence-corrected chi connectivity index (χ4v) is 0.189. The lowest BCUT2D eigenvalue weighted by Gasteiger charge is -1.92. The Balaban J connectivity index is 2.95. The zero-order chi connectivity index (χ0) is 5.86. The Hall–Kier alpha value is -0.0301. The summed E-state index contributed by atoms with van der Waals surface area (Å²) in [7, 11) is -3.25. The number of rotatable bonds is 2. The lowest BCUT2D eigenvalue weighted by molar-refractivity contribution is 0.383. The standard InChI is InChI=1S/CH6B2O4/c4-2(5)1-3(6)7/h4-7H,1H2. The normalized spacial score (nSPS) is 8.57. The van der Waals surface area contributed by atoms with Crippen molar-refractivity contribution in [2.75, 3.05) is 0 Å². The zero-order valence-electron chi connectivity index (χ0n) is 3.65. The Morgan fingerprint density at radius 1 is 0.857 bits per heavy atom. The molecule has 0 unspecified atom stereocenters. The summed E-state index contributed by atoms with van der Waals surface area (Å²) in [5.74, 6) is 0. The molecule has 0 saturated carbocycles. The van der Waals surface area contributed by atoms with Gasteiger partial charge in [0.05, 0.1) is 0 Å². The maximum absolute atomic E-state index is 7.96. The van der Waals surface area contributed by atoms with Gasteiger partial charge in [-0.15, -0.1) is 0 Å². The van der Waals surface area contributed by atoms with Crippen LogP contribution in [-0.2, 0) is 0 Å². The van der Waals surface area contributed by atoms with E-state index in [-0.39, 0.29) is 0 Å². The van der Waals surface area contributed by atoms with E-state index in [4.69, 9.17) is 20.1 Å². The molecule has 0 radical (unpaired) electrons. The second kappa shape index (κ2) is 3.04. The Morgan fingerprint density at radius 3 is 1.14 bits per heavy atom. The van der Waals surface area contributed by atoms with Crippen molar-refractivity contribution in [3.05, 3.63) is 0 Å². The van der Waals surface area contributed by atoms with Gasteiger partial charge in [-0.25, -0.2) is 0 Å². The van der Waals surface area contributed by atoms with Crippen LogP contribution in [0, 0.1) is 0 Å². The molecule has 0 fully saturated rings. The molecule has 0 aromatic heterocycles. The highest BCUT2D eigenvalue weighted by Gasteiger charge is 2.16. The van der Waals surface area contributed by atoms with Crippen LogP contribution in [0.25, 0.3) is 0 Å². The molecule has 0 amide bonds. The lowest BCUT2D eigenvalue weighted by Crippen LogP contribution is -2.23. The first-order chi connectivity index (χ1) is 3.13. The van der Waals surface area contributed by atoms with E-state index in [2.05, 4.69) is 0 Å². The van der Waals surface area contributed by atoms with Crippen LogP contribution in [0.3, 0.4) is 0 Å². The van der Waals surface area contributed by atoms with Gasteiger partial charge in [0.1, 0.15) is 0 Å². The minimum atomic E-state index is -1.63.